The Balaban J connectivity index is 1.27. The van der Waals surface area contributed by atoms with Gasteiger partial charge in [-0.25, -0.2) is 19.7 Å². The molecule has 0 spiro atoms. The van der Waals surface area contributed by atoms with E-state index in [9.17, 15) is 19.0 Å². The molecular weight excluding hydrogens is 640 g/mol. The van der Waals surface area contributed by atoms with Crippen LogP contribution in [-0.2, 0) is 60.9 Å². The maximum Gasteiger partial charge on any atom is 0.330 e. The Labute approximate surface area is 246 Å². The van der Waals surface area contributed by atoms with Gasteiger partial charge in [-0.15, -0.1) is 0 Å². The average Bonchev–Trinajstić information content (AvgIpc) is 3.61. The van der Waals surface area contributed by atoms with Gasteiger partial charge in [-0.05, 0) is 0 Å². The number of methoxy groups -OCH3 is 1. The van der Waals surface area contributed by atoms with Crippen LogP contribution >= 0.6 is 13.5 Å². The van der Waals surface area contributed by atoms with Gasteiger partial charge >= 0.3 is 5.69 Å². The zero-order valence-corrected chi connectivity index (χ0v) is 24.9. The minimum absolute atomic E-state index is 0.0987. The number of aromatic amines is 1. The van der Waals surface area contributed by atoms with E-state index in [1.165, 1.54) is 26.0 Å². The highest BCUT2D eigenvalue weighted by Crippen LogP contribution is 2.53. The van der Waals surface area contributed by atoms with E-state index in [1.807, 2.05) is 0 Å². The molecule has 0 aliphatic carbocycles. The quantitative estimate of drug-likeness (QED) is 0.258. The highest BCUT2D eigenvalue weighted by atomic mass is 32.7. The van der Waals surface area contributed by atoms with Crippen LogP contribution in [0.2, 0.25) is 0 Å². The number of aromatic nitrogens is 6. The summed E-state index contributed by atoms with van der Waals surface area (Å²) in [6, 6.07) is 1.10. The van der Waals surface area contributed by atoms with Gasteiger partial charge in [0.2, 0.25) is 0 Å². The number of anilines is 1. The zero-order valence-electron chi connectivity index (χ0n) is 21.5. The average molecular weight is 664 g/mol. The molecule has 0 aromatic carbocycles. The summed E-state index contributed by atoms with van der Waals surface area (Å²) in [4.78, 5) is 51.8. The molecule has 3 aromatic heterocycles. The molecule has 18 nitrogen and oxygen atoms in total. The van der Waals surface area contributed by atoms with E-state index >= 15 is 0 Å². The molecule has 9 atom stereocenters. The summed E-state index contributed by atoms with van der Waals surface area (Å²) >= 11 is 10.3. The standard InChI is InChI=1S/C20H25N7O11P2S2/c1-32-16-15-11(36-19(16)26-3-2-12(28)25-20(26)29)6-34-39(30,41)37-9-4-13(35-10(9)5-33-40(31,42)38-15)27-8-24-14-17(21)22-7-23-18(14)27/h2-3,7-11,13,15-16,19H,4-6H2,1H3,(H,30,41)(H,31,42)(H2,21,22,23)(H,25,28,29)/p-2/t9-,10+,11+,13+,15+,16+,19+,39?,40?/m0/s1. The molecule has 6 rings (SSSR count). The van der Waals surface area contributed by atoms with E-state index in [0.29, 0.717) is 11.2 Å². The molecule has 3 aliphatic rings. The van der Waals surface area contributed by atoms with Crippen molar-refractivity contribution in [1.29, 1.82) is 0 Å². The van der Waals surface area contributed by atoms with Crippen molar-refractivity contribution in [2.24, 2.45) is 0 Å². The number of hydrogen-bond donors (Lipinski definition) is 2. The third-order valence-corrected chi connectivity index (χ3v) is 9.98. The molecule has 0 radical (unpaired) electrons. The number of fused-ring (bicyclic) bond motifs is 3. The van der Waals surface area contributed by atoms with Crippen LogP contribution in [0.25, 0.3) is 11.2 Å². The van der Waals surface area contributed by atoms with E-state index < -0.39 is 81.0 Å². The summed E-state index contributed by atoms with van der Waals surface area (Å²) in [5.41, 5.74) is 5.19. The van der Waals surface area contributed by atoms with Gasteiger partial charge in [-0.1, -0.05) is 11.8 Å². The third-order valence-electron chi connectivity index (χ3n) is 6.87. The molecule has 3 saturated heterocycles. The van der Waals surface area contributed by atoms with Crippen molar-refractivity contribution < 1.29 is 41.8 Å². The lowest BCUT2D eigenvalue weighted by Crippen LogP contribution is -2.41. The van der Waals surface area contributed by atoms with Crippen molar-refractivity contribution in [2.75, 3.05) is 26.1 Å². The summed E-state index contributed by atoms with van der Waals surface area (Å²) in [5, 5.41) is 0. The molecule has 22 heteroatoms. The van der Waals surface area contributed by atoms with Crippen molar-refractivity contribution in [2.45, 2.75) is 49.4 Å². The van der Waals surface area contributed by atoms with E-state index in [2.05, 4.69) is 19.9 Å². The van der Waals surface area contributed by atoms with E-state index in [-0.39, 0.29) is 12.2 Å². The smallest absolute Gasteiger partial charge is 0.330 e. The minimum Gasteiger partial charge on any atom is -0.780 e. The van der Waals surface area contributed by atoms with Gasteiger partial charge in [0.05, 0.1) is 25.6 Å². The monoisotopic (exact) mass is 663 g/mol. The molecule has 0 saturated carbocycles. The highest BCUT2D eigenvalue weighted by Gasteiger charge is 2.49. The molecule has 2 unspecified atom stereocenters. The van der Waals surface area contributed by atoms with Gasteiger partial charge in [-0.3, -0.25) is 23.5 Å². The molecule has 3 aromatic rings. The number of nitrogen functional groups attached to an aromatic ring is 1. The zero-order chi connectivity index (χ0) is 29.8. The van der Waals surface area contributed by atoms with Crippen LogP contribution in [0.15, 0.2) is 34.5 Å². The summed E-state index contributed by atoms with van der Waals surface area (Å²) < 4.78 is 55.9. The first-order valence-electron chi connectivity index (χ1n) is 12.3. The summed E-state index contributed by atoms with van der Waals surface area (Å²) in [7, 11) is 1.30. The summed E-state index contributed by atoms with van der Waals surface area (Å²) in [6.07, 6.45) is -3.33. The number of ether oxygens (including phenoxy) is 3. The molecule has 3 aliphatic heterocycles. The lowest BCUT2D eigenvalue weighted by atomic mass is 10.1. The van der Waals surface area contributed by atoms with Gasteiger partial charge in [0.15, 0.2) is 24.5 Å². The lowest BCUT2D eigenvalue weighted by Gasteiger charge is -2.37. The van der Waals surface area contributed by atoms with Gasteiger partial charge in [0.25, 0.3) is 5.56 Å². The molecule has 0 bridgehead atoms. The SMILES string of the molecule is CO[C@@H]1[C@@H]2OP([O-])(=S)OC[C@H]3O[C@@H](n4cnc5c(N)ncnc54)C[C@@H]3OP(=O)([S-])OC[C@H]2O[C@H]1n1ccc(=O)[nH]c1=O. The number of imidazole rings is 1. The number of H-pyrrole nitrogens is 1. The second-order valence-corrected chi connectivity index (χ2v) is 14.8. The fourth-order valence-corrected chi connectivity index (χ4v) is 7.87. The van der Waals surface area contributed by atoms with Crippen LogP contribution in [0.3, 0.4) is 0 Å². The molecule has 6 heterocycles. The van der Waals surface area contributed by atoms with Crippen molar-refractivity contribution in [1.82, 2.24) is 29.1 Å². The number of nitrogens with zero attached hydrogens (tertiary/aromatic N) is 5. The number of rotatable bonds is 3. The van der Waals surface area contributed by atoms with Crippen LogP contribution in [0, 0.1) is 0 Å². The maximum absolute atomic E-state index is 13.4. The molecule has 228 valence electrons. The van der Waals surface area contributed by atoms with Crippen LogP contribution in [-0.4, -0.2) is 79.9 Å². The molecule has 0 amide bonds. The van der Waals surface area contributed by atoms with Crippen LogP contribution < -0.4 is 21.9 Å². The normalized spacial score (nSPS) is 37.5. The van der Waals surface area contributed by atoms with E-state index in [4.69, 9.17) is 62.1 Å². The van der Waals surface area contributed by atoms with Crippen molar-refractivity contribution in [3.05, 3.63) is 45.8 Å². The Morgan fingerprint density at radius 2 is 1.93 bits per heavy atom. The minimum atomic E-state index is -4.27. The third kappa shape index (κ3) is 5.87. The molecule has 3 N–H and O–H groups in total. The Morgan fingerprint density at radius 3 is 2.69 bits per heavy atom. The Hall–Kier alpha value is -2.06. The van der Waals surface area contributed by atoms with Crippen LogP contribution in [0.4, 0.5) is 5.82 Å². The molecule has 3 fully saturated rings. The number of hydrogen-bond acceptors (Lipinski definition) is 17. The van der Waals surface area contributed by atoms with Gasteiger partial charge < -0.3 is 55.2 Å². The fraction of sp³-hybridized carbons (Fsp3) is 0.550. The van der Waals surface area contributed by atoms with E-state index in [0.717, 1.165) is 10.6 Å². The summed E-state index contributed by atoms with van der Waals surface area (Å²) in [5.74, 6) is 0.172. The molecular formula is C20H23N7O11P2S2-2. The van der Waals surface area contributed by atoms with Crippen molar-refractivity contribution >= 4 is 54.6 Å². The number of nitrogens with two attached hydrogens (primary N) is 1. The Bertz CT molecular complexity index is 1700. The molecule has 42 heavy (non-hydrogen) atoms. The van der Waals surface area contributed by atoms with Crippen molar-refractivity contribution in [3.63, 3.8) is 0 Å². The highest BCUT2D eigenvalue weighted by molar-refractivity contribution is 8.32. The first-order valence-corrected chi connectivity index (χ1v) is 17.4. The second kappa shape index (κ2) is 11.5. The van der Waals surface area contributed by atoms with Gasteiger partial charge in [-0.2, -0.15) is 0 Å². The second-order valence-electron chi connectivity index (χ2n) is 9.43. The first kappa shape index (κ1) is 30.0. The van der Waals surface area contributed by atoms with Crippen LogP contribution in [0.5, 0.6) is 0 Å². The fourth-order valence-electron chi connectivity index (χ4n) is 4.99. The lowest BCUT2D eigenvalue weighted by molar-refractivity contribution is -0.218. The summed E-state index contributed by atoms with van der Waals surface area (Å²) in [6.45, 7) is -9.35. The number of nitrogens with one attached hydrogen (secondary N) is 1. The van der Waals surface area contributed by atoms with Gasteiger partial charge in [0, 0.05) is 25.8 Å². The van der Waals surface area contributed by atoms with Crippen LogP contribution in [0.1, 0.15) is 18.9 Å². The predicted octanol–water partition coefficient (Wildman–Crippen LogP) is -0.784. The topological polar surface area (TPSA) is 229 Å². The Morgan fingerprint density at radius 1 is 1.14 bits per heavy atom. The van der Waals surface area contributed by atoms with Crippen molar-refractivity contribution in [3.8, 4) is 0 Å². The largest absolute Gasteiger partial charge is 0.780 e. The van der Waals surface area contributed by atoms with Gasteiger partial charge in [0.1, 0.15) is 49.2 Å². The maximum atomic E-state index is 13.4. The first-order chi connectivity index (χ1) is 19.9. The van der Waals surface area contributed by atoms with E-state index in [1.54, 1.807) is 4.57 Å². The Kier molecular flexibility index (Phi) is 8.18. The predicted molar refractivity (Wildman–Crippen MR) is 145 cm³/mol.